The molecule has 3 aromatic rings. The van der Waals surface area contributed by atoms with Crippen LogP contribution >= 0.6 is 0 Å². The molecular weight excluding hydrogens is 368 g/mol. The summed E-state index contributed by atoms with van der Waals surface area (Å²) in [5.41, 5.74) is 3.75. The zero-order chi connectivity index (χ0) is 20.4. The van der Waals surface area contributed by atoms with Crippen molar-refractivity contribution in [2.24, 2.45) is 7.05 Å². The molecule has 1 aliphatic rings. The fraction of sp³-hybridized carbons (Fsp3) is 0.381. The first-order valence-electron chi connectivity index (χ1n) is 9.64. The third-order valence-corrected chi connectivity index (χ3v) is 5.04. The summed E-state index contributed by atoms with van der Waals surface area (Å²) >= 11 is 0. The van der Waals surface area contributed by atoms with E-state index >= 15 is 0 Å². The van der Waals surface area contributed by atoms with Crippen LogP contribution in [0.3, 0.4) is 0 Å². The summed E-state index contributed by atoms with van der Waals surface area (Å²) in [6, 6.07) is 3.62. The molecule has 3 heterocycles. The van der Waals surface area contributed by atoms with E-state index in [2.05, 4.69) is 10.1 Å². The van der Waals surface area contributed by atoms with Crippen LogP contribution in [-0.2, 0) is 31.1 Å². The van der Waals surface area contributed by atoms with Gasteiger partial charge in [0.05, 0.1) is 19.9 Å². The Morgan fingerprint density at radius 3 is 2.93 bits per heavy atom. The van der Waals surface area contributed by atoms with E-state index in [1.807, 2.05) is 31.3 Å². The third-order valence-electron chi connectivity index (χ3n) is 5.04. The van der Waals surface area contributed by atoms with Crippen LogP contribution in [0, 0.1) is 0 Å². The predicted octanol–water partition coefficient (Wildman–Crippen LogP) is 2.02. The molecular formula is C21H24N6O2. The molecule has 0 bridgehead atoms. The normalized spacial score (nSPS) is 12.7. The van der Waals surface area contributed by atoms with Gasteiger partial charge >= 0.3 is 0 Å². The first-order valence-corrected chi connectivity index (χ1v) is 9.64. The van der Waals surface area contributed by atoms with E-state index in [4.69, 9.17) is 14.7 Å². The van der Waals surface area contributed by atoms with Crippen LogP contribution in [0.4, 0.5) is 5.82 Å². The molecule has 3 aromatic heterocycles. The number of likely N-dealkylation sites (N-methyl/N-ethyl adjacent to an activating group) is 1. The van der Waals surface area contributed by atoms with Gasteiger partial charge in [-0.1, -0.05) is 0 Å². The summed E-state index contributed by atoms with van der Waals surface area (Å²) < 4.78 is 7.01. The number of aromatic nitrogens is 5. The number of hydrogen-bond acceptors (Lipinski definition) is 7. The smallest absolute Gasteiger partial charge is 0.180 e. The van der Waals surface area contributed by atoms with Gasteiger partial charge in [-0.3, -0.25) is 14.5 Å². The predicted molar refractivity (Wildman–Crippen MR) is 109 cm³/mol. The van der Waals surface area contributed by atoms with Crippen molar-refractivity contribution in [2.45, 2.75) is 25.7 Å². The molecule has 0 amide bonds. The van der Waals surface area contributed by atoms with Crippen molar-refractivity contribution in [3.8, 4) is 17.3 Å². The maximum Gasteiger partial charge on any atom is 0.180 e. The number of anilines is 1. The molecule has 0 spiro atoms. The molecule has 0 aromatic carbocycles. The standard InChI is InChI=1S/C21H24N6O2/c1-26(13-15(28)9-14-11-23-27(2)12-14)21-17-5-4-6-18(17)24-20(25-21)19-10-16(29-3)7-8-22-19/h7-8,10-12H,4-6,9,13H2,1-3H3. The van der Waals surface area contributed by atoms with E-state index in [1.54, 1.807) is 30.3 Å². The van der Waals surface area contributed by atoms with Crippen LogP contribution in [0.15, 0.2) is 30.7 Å². The highest BCUT2D eigenvalue weighted by molar-refractivity contribution is 5.85. The van der Waals surface area contributed by atoms with Crippen LogP contribution in [0.1, 0.15) is 23.2 Å². The van der Waals surface area contributed by atoms with Crippen LogP contribution in [-0.4, -0.2) is 51.2 Å². The topological polar surface area (TPSA) is 86.0 Å². The van der Waals surface area contributed by atoms with Crippen LogP contribution in [0.5, 0.6) is 5.75 Å². The summed E-state index contributed by atoms with van der Waals surface area (Å²) in [5, 5.41) is 4.13. The Hall–Kier alpha value is -3.29. The Morgan fingerprint density at radius 1 is 1.31 bits per heavy atom. The molecule has 0 radical (unpaired) electrons. The molecule has 0 atom stereocenters. The Morgan fingerprint density at radius 2 is 2.17 bits per heavy atom. The van der Waals surface area contributed by atoms with E-state index in [-0.39, 0.29) is 12.3 Å². The van der Waals surface area contributed by atoms with Crippen molar-refractivity contribution in [1.29, 1.82) is 0 Å². The van der Waals surface area contributed by atoms with Gasteiger partial charge in [0.15, 0.2) is 11.6 Å². The molecule has 0 aliphatic heterocycles. The number of aryl methyl sites for hydroxylation is 2. The lowest BCUT2D eigenvalue weighted by atomic mass is 10.1. The van der Waals surface area contributed by atoms with Crippen LogP contribution < -0.4 is 9.64 Å². The summed E-state index contributed by atoms with van der Waals surface area (Å²) in [4.78, 5) is 28.4. The SMILES string of the molecule is COc1ccnc(-c2nc3c(c(N(C)CC(=O)Cc4cnn(C)c4)n2)CCC3)c1. The molecule has 0 saturated carbocycles. The summed E-state index contributed by atoms with van der Waals surface area (Å²) in [6.45, 7) is 0.281. The molecule has 0 fully saturated rings. The first-order chi connectivity index (χ1) is 14.0. The van der Waals surface area contributed by atoms with Gasteiger partial charge in [0.2, 0.25) is 0 Å². The molecule has 4 rings (SSSR count). The highest BCUT2D eigenvalue weighted by Gasteiger charge is 2.23. The largest absolute Gasteiger partial charge is 0.497 e. The number of rotatable bonds is 7. The quantitative estimate of drug-likeness (QED) is 0.608. The van der Waals surface area contributed by atoms with Gasteiger partial charge in [0, 0.05) is 50.2 Å². The number of carbonyl (C=O) groups is 1. The molecule has 0 unspecified atom stereocenters. The Balaban J connectivity index is 1.60. The number of methoxy groups -OCH3 is 1. The van der Waals surface area contributed by atoms with Gasteiger partial charge in [-0.2, -0.15) is 5.10 Å². The minimum atomic E-state index is 0.118. The molecule has 0 saturated heterocycles. The van der Waals surface area contributed by atoms with Gasteiger partial charge < -0.3 is 9.64 Å². The zero-order valence-corrected chi connectivity index (χ0v) is 16.9. The number of fused-ring (bicyclic) bond motifs is 1. The van der Waals surface area contributed by atoms with Crippen molar-refractivity contribution < 1.29 is 9.53 Å². The third kappa shape index (κ3) is 4.11. The van der Waals surface area contributed by atoms with Gasteiger partial charge in [-0.25, -0.2) is 9.97 Å². The molecule has 8 nitrogen and oxygen atoms in total. The number of ketones is 1. The minimum absolute atomic E-state index is 0.118. The summed E-state index contributed by atoms with van der Waals surface area (Å²) in [7, 11) is 5.37. The highest BCUT2D eigenvalue weighted by Crippen LogP contribution is 2.31. The van der Waals surface area contributed by atoms with Crippen molar-refractivity contribution in [3.05, 3.63) is 47.5 Å². The average Bonchev–Trinajstić information content (AvgIpc) is 3.35. The number of hydrogen-bond donors (Lipinski definition) is 0. The monoisotopic (exact) mass is 392 g/mol. The number of carbonyl (C=O) groups excluding carboxylic acids is 1. The van der Waals surface area contributed by atoms with Crippen LogP contribution in [0.25, 0.3) is 11.5 Å². The zero-order valence-electron chi connectivity index (χ0n) is 16.9. The summed E-state index contributed by atoms with van der Waals surface area (Å²) in [5.74, 6) is 2.20. The second-order valence-electron chi connectivity index (χ2n) is 7.32. The molecule has 1 aliphatic carbocycles. The Bertz CT molecular complexity index is 1050. The van der Waals surface area contributed by atoms with Crippen molar-refractivity contribution in [3.63, 3.8) is 0 Å². The van der Waals surface area contributed by atoms with Gasteiger partial charge in [-0.05, 0) is 30.9 Å². The van der Waals surface area contributed by atoms with Crippen molar-refractivity contribution in [1.82, 2.24) is 24.7 Å². The molecule has 8 heteroatoms. The lowest BCUT2D eigenvalue weighted by Gasteiger charge is -2.21. The Kier molecular flexibility index (Phi) is 5.24. The lowest BCUT2D eigenvalue weighted by molar-refractivity contribution is -0.117. The summed E-state index contributed by atoms with van der Waals surface area (Å²) in [6.07, 6.45) is 8.53. The number of pyridine rings is 1. The fourth-order valence-electron chi connectivity index (χ4n) is 3.69. The highest BCUT2D eigenvalue weighted by atomic mass is 16.5. The van der Waals surface area contributed by atoms with E-state index < -0.39 is 0 Å². The fourth-order valence-corrected chi connectivity index (χ4v) is 3.69. The van der Waals surface area contributed by atoms with Gasteiger partial charge in [-0.15, -0.1) is 0 Å². The second-order valence-corrected chi connectivity index (χ2v) is 7.32. The minimum Gasteiger partial charge on any atom is -0.497 e. The molecule has 150 valence electrons. The maximum absolute atomic E-state index is 12.6. The van der Waals surface area contributed by atoms with Crippen molar-refractivity contribution >= 4 is 11.6 Å². The van der Waals surface area contributed by atoms with E-state index in [1.165, 1.54) is 0 Å². The lowest BCUT2D eigenvalue weighted by Crippen LogP contribution is -2.28. The first kappa shape index (κ1) is 19.0. The maximum atomic E-state index is 12.6. The van der Waals surface area contributed by atoms with E-state index in [0.29, 0.717) is 23.7 Å². The van der Waals surface area contributed by atoms with E-state index in [0.717, 1.165) is 41.9 Å². The number of Topliss-reactive ketones (excluding diaryl/α,β-unsaturated/α-hetero) is 1. The van der Waals surface area contributed by atoms with Crippen molar-refractivity contribution in [2.75, 3.05) is 25.6 Å². The Labute approximate surface area is 169 Å². The molecule has 29 heavy (non-hydrogen) atoms. The average molecular weight is 392 g/mol. The van der Waals surface area contributed by atoms with E-state index in [9.17, 15) is 4.79 Å². The van der Waals surface area contributed by atoms with Gasteiger partial charge in [0.25, 0.3) is 0 Å². The van der Waals surface area contributed by atoms with Crippen LogP contribution in [0.2, 0.25) is 0 Å². The van der Waals surface area contributed by atoms with Gasteiger partial charge in [0.1, 0.15) is 17.3 Å². The number of ether oxygens (including phenoxy) is 1. The second kappa shape index (κ2) is 7.98. The molecule has 0 N–H and O–H groups in total. The number of nitrogens with zero attached hydrogens (tertiary/aromatic N) is 6.